The Labute approximate surface area is 154 Å². The number of rotatable bonds is 4. The summed E-state index contributed by atoms with van der Waals surface area (Å²) in [7, 11) is -3.18. The molecule has 2 N–H and O–H groups in total. The van der Waals surface area contributed by atoms with Crippen molar-refractivity contribution in [3.63, 3.8) is 0 Å². The second-order valence-corrected chi connectivity index (χ2v) is 9.27. The van der Waals surface area contributed by atoms with Gasteiger partial charge in [0.05, 0.1) is 11.3 Å². The van der Waals surface area contributed by atoms with Crippen molar-refractivity contribution < 1.29 is 22.7 Å². The van der Waals surface area contributed by atoms with Gasteiger partial charge in [-0.05, 0) is 37.5 Å². The third-order valence-electron chi connectivity index (χ3n) is 4.98. The average molecular weight is 382 g/mol. The zero-order chi connectivity index (χ0) is 18.7. The molecule has 26 heavy (non-hydrogen) atoms. The summed E-state index contributed by atoms with van der Waals surface area (Å²) in [4.78, 5) is 12.4. The van der Waals surface area contributed by atoms with E-state index in [9.17, 15) is 13.2 Å². The zero-order valence-electron chi connectivity index (χ0n) is 15.2. The third-order valence-corrected chi connectivity index (χ3v) is 6.65. The lowest BCUT2D eigenvalue weighted by molar-refractivity contribution is 0.171. The first kappa shape index (κ1) is 18.8. The van der Waals surface area contributed by atoms with Gasteiger partial charge in [-0.3, -0.25) is 0 Å². The molecule has 3 rings (SSSR count). The van der Waals surface area contributed by atoms with E-state index < -0.39 is 15.1 Å². The molecule has 1 aliphatic heterocycles. The number of benzene rings is 1. The molecule has 1 saturated carbocycles. The smallest absolute Gasteiger partial charge is 0.315 e. The standard InChI is InChI=1S/C18H26N2O5S/c1-12(13-7-8-15-16(11-13)25-10-9-24-15)19-18(21)20-14-5-3-4-6-17(14)26(2,22)23/h7-8,11-12,14,17H,3-6,9-10H2,1-2H3,(H2,19,20,21)/t12-,14+,17+/m0/s1. The maximum atomic E-state index is 12.4. The molecular formula is C18H26N2O5S. The van der Waals surface area contributed by atoms with Crippen LogP contribution < -0.4 is 20.1 Å². The molecule has 0 spiro atoms. The molecule has 0 bridgehead atoms. The number of urea groups is 1. The maximum absolute atomic E-state index is 12.4. The Balaban J connectivity index is 1.62. The van der Waals surface area contributed by atoms with Gasteiger partial charge in [-0.15, -0.1) is 0 Å². The van der Waals surface area contributed by atoms with E-state index >= 15 is 0 Å². The predicted molar refractivity (Wildman–Crippen MR) is 98.4 cm³/mol. The first-order valence-corrected chi connectivity index (χ1v) is 11.0. The van der Waals surface area contributed by atoms with Crippen molar-refractivity contribution in [2.45, 2.75) is 49.9 Å². The van der Waals surface area contributed by atoms with Gasteiger partial charge < -0.3 is 20.1 Å². The molecule has 3 atom stereocenters. The fraction of sp³-hybridized carbons (Fsp3) is 0.611. The molecule has 144 valence electrons. The van der Waals surface area contributed by atoms with Gasteiger partial charge in [-0.2, -0.15) is 0 Å². The van der Waals surface area contributed by atoms with E-state index in [4.69, 9.17) is 9.47 Å². The van der Waals surface area contributed by atoms with Gasteiger partial charge >= 0.3 is 6.03 Å². The van der Waals surface area contributed by atoms with E-state index in [-0.39, 0.29) is 18.1 Å². The molecule has 1 aromatic rings. The molecule has 7 nitrogen and oxygen atoms in total. The van der Waals surface area contributed by atoms with Gasteiger partial charge in [0.15, 0.2) is 21.3 Å². The number of ether oxygens (including phenoxy) is 2. The van der Waals surface area contributed by atoms with Gasteiger partial charge in [0, 0.05) is 12.3 Å². The summed E-state index contributed by atoms with van der Waals surface area (Å²) in [5, 5.41) is 5.23. The first-order valence-electron chi connectivity index (χ1n) is 9.00. The number of hydrogen-bond acceptors (Lipinski definition) is 5. The Hall–Kier alpha value is -1.96. The van der Waals surface area contributed by atoms with Crippen LogP contribution in [0.15, 0.2) is 18.2 Å². The Morgan fingerprint density at radius 2 is 1.85 bits per heavy atom. The third kappa shape index (κ3) is 4.41. The summed E-state index contributed by atoms with van der Waals surface area (Å²) < 4.78 is 35.0. The number of sulfone groups is 1. The predicted octanol–water partition coefficient (Wildman–Crippen LogP) is 2.17. The van der Waals surface area contributed by atoms with Gasteiger partial charge in [0.1, 0.15) is 13.2 Å². The van der Waals surface area contributed by atoms with E-state index in [1.54, 1.807) is 0 Å². The van der Waals surface area contributed by atoms with Crippen LogP contribution >= 0.6 is 0 Å². The van der Waals surface area contributed by atoms with Crippen LogP contribution in [0.3, 0.4) is 0 Å². The summed E-state index contributed by atoms with van der Waals surface area (Å²) in [6.45, 7) is 2.92. The maximum Gasteiger partial charge on any atom is 0.315 e. The molecular weight excluding hydrogens is 356 g/mol. The minimum atomic E-state index is -3.18. The summed E-state index contributed by atoms with van der Waals surface area (Å²) >= 11 is 0. The van der Waals surface area contributed by atoms with Crippen molar-refractivity contribution in [1.29, 1.82) is 0 Å². The van der Waals surface area contributed by atoms with Crippen LogP contribution in [0.1, 0.15) is 44.2 Å². The van der Waals surface area contributed by atoms with Crippen LogP contribution in [0, 0.1) is 0 Å². The molecule has 1 aliphatic carbocycles. The van der Waals surface area contributed by atoms with E-state index in [2.05, 4.69) is 10.6 Å². The van der Waals surface area contributed by atoms with Crippen molar-refractivity contribution in [3.05, 3.63) is 23.8 Å². The second kappa shape index (κ2) is 7.73. The van der Waals surface area contributed by atoms with Gasteiger partial charge in [0.25, 0.3) is 0 Å². The Morgan fingerprint density at radius 3 is 2.58 bits per heavy atom. The second-order valence-electron chi connectivity index (χ2n) is 7.00. The minimum Gasteiger partial charge on any atom is -0.486 e. The van der Waals surface area contributed by atoms with Crippen molar-refractivity contribution in [2.75, 3.05) is 19.5 Å². The molecule has 1 fully saturated rings. The van der Waals surface area contributed by atoms with Crippen molar-refractivity contribution in [3.8, 4) is 11.5 Å². The van der Waals surface area contributed by atoms with Crippen LogP contribution in [0.4, 0.5) is 4.79 Å². The van der Waals surface area contributed by atoms with Gasteiger partial charge in [-0.25, -0.2) is 13.2 Å². The monoisotopic (exact) mass is 382 g/mol. The Morgan fingerprint density at radius 1 is 1.15 bits per heavy atom. The van der Waals surface area contributed by atoms with Gasteiger partial charge in [0.2, 0.25) is 0 Å². The number of fused-ring (bicyclic) bond motifs is 1. The quantitative estimate of drug-likeness (QED) is 0.832. The highest BCUT2D eigenvalue weighted by Crippen LogP contribution is 2.32. The first-order chi connectivity index (χ1) is 12.3. The molecule has 2 amide bonds. The van der Waals surface area contributed by atoms with Crippen LogP contribution in [0.25, 0.3) is 0 Å². The molecule has 1 heterocycles. The van der Waals surface area contributed by atoms with E-state index in [0.29, 0.717) is 37.6 Å². The van der Waals surface area contributed by atoms with Crippen LogP contribution in [-0.4, -0.2) is 45.2 Å². The molecule has 8 heteroatoms. The molecule has 0 unspecified atom stereocenters. The Kier molecular flexibility index (Phi) is 5.60. The molecule has 0 aromatic heterocycles. The number of hydrogen-bond donors (Lipinski definition) is 2. The summed E-state index contributed by atoms with van der Waals surface area (Å²) in [6.07, 6.45) is 4.33. The summed E-state index contributed by atoms with van der Waals surface area (Å²) in [6, 6.07) is 4.64. The van der Waals surface area contributed by atoms with Crippen LogP contribution in [-0.2, 0) is 9.84 Å². The Bertz CT molecular complexity index is 765. The highest BCUT2D eigenvalue weighted by molar-refractivity contribution is 7.91. The molecule has 1 aromatic carbocycles. The highest BCUT2D eigenvalue weighted by Gasteiger charge is 2.33. The number of carbonyl (C=O) groups excluding carboxylic acids is 1. The SMILES string of the molecule is C[C@H](NC(=O)N[C@@H]1CCCC[C@H]1S(C)(=O)=O)c1ccc2c(c1)OCCO2. The lowest BCUT2D eigenvalue weighted by Crippen LogP contribution is -2.51. The van der Waals surface area contributed by atoms with Gasteiger partial charge in [-0.1, -0.05) is 18.9 Å². The fourth-order valence-electron chi connectivity index (χ4n) is 3.59. The fourth-order valence-corrected chi connectivity index (χ4v) is 4.99. The number of amides is 2. The normalized spacial score (nSPS) is 23.8. The zero-order valence-corrected chi connectivity index (χ0v) is 16.0. The number of carbonyl (C=O) groups is 1. The van der Waals surface area contributed by atoms with Crippen LogP contribution in [0.2, 0.25) is 0 Å². The lowest BCUT2D eigenvalue weighted by atomic mass is 9.95. The van der Waals surface area contributed by atoms with Crippen molar-refractivity contribution in [1.82, 2.24) is 10.6 Å². The largest absolute Gasteiger partial charge is 0.486 e. The average Bonchev–Trinajstić information content (AvgIpc) is 2.60. The van der Waals surface area contributed by atoms with E-state index in [1.807, 2.05) is 25.1 Å². The van der Waals surface area contributed by atoms with Crippen molar-refractivity contribution >= 4 is 15.9 Å². The number of nitrogens with one attached hydrogen (secondary N) is 2. The topological polar surface area (TPSA) is 93.7 Å². The van der Waals surface area contributed by atoms with Crippen LogP contribution in [0.5, 0.6) is 11.5 Å². The summed E-state index contributed by atoms with van der Waals surface area (Å²) in [5.74, 6) is 1.38. The van der Waals surface area contributed by atoms with Crippen molar-refractivity contribution in [2.24, 2.45) is 0 Å². The molecule has 0 radical (unpaired) electrons. The van der Waals surface area contributed by atoms with E-state index in [0.717, 1.165) is 18.4 Å². The molecule has 2 aliphatic rings. The summed E-state index contributed by atoms with van der Waals surface area (Å²) in [5.41, 5.74) is 0.896. The van der Waals surface area contributed by atoms with E-state index in [1.165, 1.54) is 6.26 Å². The minimum absolute atomic E-state index is 0.244. The highest BCUT2D eigenvalue weighted by atomic mass is 32.2. The lowest BCUT2D eigenvalue weighted by Gasteiger charge is -2.31. The molecule has 0 saturated heterocycles.